The number of rotatable bonds is 14. The zero-order valence-corrected chi connectivity index (χ0v) is 24.1. The van der Waals surface area contributed by atoms with Crippen LogP contribution in [0.5, 0.6) is 0 Å². The Labute approximate surface area is 236 Å². The van der Waals surface area contributed by atoms with Crippen molar-refractivity contribution in [2.75, 3.05) is 24.6 Å². The van der Waals surface area contributed by atoms with Crippen LogP contribution in [-0.2, 0) is 20.7 Å². The summed E-state index contributed by atoms with van der Waals surface area (Å²) in [4.78, 5) is 29.3. The Hall–Kier alpha value is -3.69. The number of esters is 1. The standard InChI is InChI=1S/C27H32N6O4S2/c1-5-17(4)18-8-10-19(11-9-18)24-26(38-27(29-24)33(6-2)7-3)31-30-25-20(16-28)21(32-39-25)14-15-37-23(36)13-12-22(34)35/h8-11,17H,5-7,12-15H2,1-4H3,(H,34,35)/b31-30+. The number of nitriles is 1. The number of aromatic nitrogens is 2. The normalized spacial score (nSPS) is 11.9. The van der Waals surface area contributed by atoms with Crippen molar-refractivity contribution in [2.24, 2.45) is 10.2 Å². The van der Waals surface area contributed by atoms with Crippen molar-refractivity contribution >= 4 is 49.9 Å². The van der Waals surface area contributed by atoms with Crippen molar-refractivity contribution in [2.45, 2.75) is 59.3 Å². The Morgan fingerprint density at radius 3 is 2.44 bits per heavy atom. The monoisotopic (exact) mass is 568 g/mol. The molecule has 39 heavy (non-hydrogen) atoms. The number of ether oxygens (including phenoxy) is 1. The minimum Gasteiger partial charge on any atom is -0.481 e. The van der Waals surface area contributed by atoms with Gasteiger partial charge < -0.3 is 14.7 Å². The predicted octanol–water partition coefficient (Wildman–Crippen LogP) is 6.86. The molecule has 206 valence electrons. The molecular weight excluding hydrogens is 536 g/mol. The molecule has 1 atom stereocenters. The molecule has 12 heteroatoms. The highest BCUT2D eigenvalue weighted by molar-refractivity contribution is 7.19. The molecule has 1 N–H and O–H groups in total. The van der Waals surface area contributed by atoms with Gasteiger partial charge in [-0.2, -0.15) is 9.64 Å². The molecule has 0 bridgehead atoms. The van der Waals surface area contributed by atoms with Crippen LogP contribution in [-0.4, -0.2) is 46.1 Å². The van der Waals surface area contributed by atoms with Crippen molar-refractivity contribution < 1.29 is 19.4 Å². The number of benzene rings is 1. The molecule has 0 fully saturated rings. The van der Waals surface area contributed by atoms with E-state index in [0.717, 1.165) is 47.4 Å². The Morgan fingerprint density at radius 1 is 1.13 bits per heavy atom. The maximum absolute atomic E-state index is 11.7. The Morgan fingerprint density at radius 2 is 1.82 bits per heavy atom. The number of carboxylic acid groups (broad SMARTS) is 1. The number of azo groups is 1. The van der Waals surface area contributed by atoms with Crippen LogP contribution in [0.1, 0.15) is 69.7 Å². The van der Waals surface area contributed by atoms with Gasteiger partial charge in [0.1, 0.15) is 17.3 Å². The van der Waals surface area contributed by atoms with Gasteiger partial charge in [0.2, 0.25) is 0 Å². The van der Waals surface area contributed by atoms with Gasteiger partial charge in [-0.25, -0.2) is 4.98 Å². The number of hydrogen-bond donors (Lipinski definition) is 1. The van der Waals surface area contributed by atoms with E-state index < -0.39 is 11.9 Å². The molecule has 0 saturated heterocycles. The number of carbonyl (C=O) groups is 2. The van der Waals surface area contributed by atoms with Crippen LogP contribution < -0.4 is 4.90 Å². The van der Waals surface area contributed by atoms with Gasteiger partial charge >= 0.3 is 11.9 Å². The van der Waals surface area contributed by atoms with E-state index in [9.17, 15) is 14.9 Å². The first-order chi connectivity index (χ1) is 18.8. The summed E-state index contributed by atoms with van der Waals surface area (Å²) in [6, 6.07) is 10.5. The minimum absolute atomic E-state index is 0.00762. The zero-order valence-electron chi connectivity index (χ0n) is 22.5. The van der Waals surface area contributed by atoms with Gasteiger partial charge in [-0.1, -0.05) is 49.4 Å². The Balaban J connectivity index is 1.83. The lowest BCUT2D eigenvalue weighted by Crippen LogP contribution is -2.21. The number of hydrogen-bond acceptors (Lipinski definition) is 11. The quantitative estimate of drug-likeness (QED) is 0.164. The molecular formula is C27H32N6O4S2. The van der Waals surface area contributed by atoms with E-state index in [-0.39, 0.29) is 31.4 Å². The molecule has 0 aliphatic heterocycles. The van der Waals surface area contributed by atoms with Crippen LogP contribution in [0, 0.1) is 11.3 Å². The van der Waals surface area contributed by atoms with Crippen LogP contribution in [0.25, 0.3) is 11.3 Å². The van der Waals surface area contributed by atoms with Crippen LogP contribution in [0.15, 0.2) is 34.5 Å². The molecule has 1 unspecified atom stereocenters. The molecule has 3 aromatic rings. The molecule has 3 rings (SSSR count). The lowest BCUT2D eigenvalue weighted by Gasteiger charge is -2.16. The summed E-state index contributed by atoms with van der Waals surface area (Å²) in [6.07, 6.45) is 0.784. The van der Waals surface area contributed by atoms with Crippen LogP contribution >= 0.6 is 22.9 Å². The van der Waals surface area contributed by atoms with E-state index >= 15 is 0 Å². The van der Waals surface area contributed by atoms with Crippen molar-refractivity contribution in [3.8, 4) is 17.3 Å². The van der Waals surface area contributed by atoms with Crippen LogP contribution in [0.2, 0.25) is 0 Å². The smallest absolute Gasteiger partial charge is 0.306 e. The highest BCUT2D eigenvalue weighted by Gasteiger charge is 2.19. The van der Waals surface area contributed by atoms with Crippen molar-refractivity contribution in [1.29, 1.82) is 5.26 Å². The lowest BCUT2D eigenvalue weighted by atomic mass is 9.97. The van der Waals surface area contributed by atoms with E-state index in [1.165, 1.54) is 16.9 Å². The summed E-state index contributed by atoms with van der Waals surface area (Å²) < 4.78 is 9.37. The number of carboxylic acids is 1. The second-order valence-corrected chi connectivity index (χ2v) is 10.4. The highest BCUT2D eigenvalue weighted by atomic mass is 32.1. The topological polar surface area (TPSA) is 141 Å². The maximum atomic E-state index is 11.7. The average Bonchev–Trinajstić information content (AvgIpc) is 3.54. The largest absolute Gasteiger partial charge is 0.481 e. The Kier molecular flexibility index (Phi) is 11.1. The number of thiazole rings is 1. The molecule has 10 nitrogen and oxygen atoms in total. The van der Waals surface area contributed by atoms with Crippen molar-refractivity contribution in [3.63, 3.8) is 0 Å². The number of nitrogens with zero attached hydrogens (tertiary/aromatic N) is 6. The highest BCUT2D eigenvalue weighted by Crippen LogP contribution is 2.41. The fraction of sp³-hybridized carbons (Fsp3) is 0.444. The molecule has 2 heterocycles. The first kappa shape index (κ1) is 29.9. The van der Waals surface area contributed by atoms with Crippen molar-refractivity contribution in [1.82, 2.24) is 9.36 Å². The van der Waals surface area contributed by atoms with E-state index in [4.69, 9.17) is 14.8 Å². The molecule has 0 spiro atoms. The van der Waals surface area contributed by atoms with E-state index in [2.05, 4.69) is 77.5 Å². The molecule has 0 aliphatic rings. The molecule has 0 saturated carbocycles. The maximum Gasteiger partial charge on any atom is 0.306 e. The van der Waals surface area contributed by atoms with Gasteiger partial charge in [0.15, 0.2) is 15.1 Å². The van der Waals surface area contributed by atoms with Gasteiger partial charge in [-0.15, -0.1) is 10.2 Å². The second-order valence-electron chi connectivity index (χ2n) is 8.74. The van der Waals surface area contributed by atoms with Gasteiger partial charge in [0, 0.05) is 25.1 Å². The predicted molar refractivity (Wildman–Crippen MR) is 152 cm³/mol. The zero-order chi connectivity index (χ0) is 28.4. The van der Waals surface area contributed by atoms with Crippen LogP contribution in [0.4, 0.5) is 15.1 Å². The van der Waals surface area contributed by atoms with E-state index in [1.54, 1.807) is 0 Å². The fourth-order valence-electron chi connectivity index (χ4n) is 3.69. The fourth-order valence-corrected chi connectivity index (χ4v) is 5.44. The molecule has 0 aliphatic carbocycles. The number of anilines is 1. The first-order valence-electron chi connectivity index (χ1n) is 12.8. The van der Waals surface area contributed by atoms with E-state index in [1.807, 2.05) is 0 Å². The second kappa shape index (κ2) is 14.5. The molecule has 2 aromatic heterocycles. The van der Waals surface area contributed by atoms with Gasteiger partial charge in [0.25, 0.3) is 0 Å². The summed E-state index contributed by atoms with van der Waals surface area (Å²) in [7, 11) is 0. The first-order valence-corrected chi connectivity index (χ1v) is 14.4. The van der Waals surface area contributed by atoms with Crippen LogP contribution in [0.3, 0.4) is 0 Å². The molecule has 1 aromatic carbocycles. The third-order valence-electron chi connectivity index (χ3n) is 6.23. The van der Waals surface area contributed by atoms with Gasteiger partial charge in [-0.3, -0.25) is 9.59 Å². The molecule has 0 radical (unpaired) electrons. The summed E-state index contributed by atoms with van der Waals surface area (Å²) in [6.45, 7) is 10.1. The molecule has 0 amide bonds. The third-order valence-corrected chi connectivity index (χ3v) is 8.00. The average molecular weight is 569 g/mol. The number of aliphatic carboxylic acids is 1. The minimum atomic E-state index is -1.07. The summed E-state index contributed by atoms with van der Waals surface area (Å²) in [5.74, 6) is -1.20. The lowest BCUT2D eigenvalue weighted by molar-refractivity contribution is -0.147. The summed E-state index contributed by atoms with van der Waals surface area (Å²) in [5, 5.41) is 29.1. The van der Waals surface area contributed by atoms with Gasteiger partial charge in [0.05, 0.1) is 25.1 Å². The third kappa shape index (κ3) is 7.91. The summed E-state index contributed by atoms with van der Waals surface area (Å²) in [5.41, 5.74) is 3.68. The summed E-state index contributed by atoms with van der Waals surface area (Å²) >= 11 is 2.49. The van der Waals surface area contributed by atoms with E-state index in [0.29, 0.717) is 21.6 Å². The SMILES string of the molecule is CCC(C)c1ccc(-c2nc(N(CC)CC)sc2/N=N/c2snc(CCOC(=O)CCC(=O)O)c2C#N)cc1. The number of carbonyl (C=O) groups excluding carboxylic acids is 1. The van der Waals surface area contributed by atoms with Crippen molar-refractivity contribution in [3.05, 3.63) is 41.1 Å². The van der Waals surface area contributed by atoms with Gasteiger partial charge in [-0.05, 0) is 43.3 Å². The Bertz CT molecular complexity index is 1340.